The zero-order valence-corrected chi connectivity index (χ0v) is 9.21. The van der Waals surface area contributed by atoms with Crippen LogP contribution in [-0.4, -0.2) is 28.8 Å². The van der Waals surface area contributed by atoms with Gasteiger partial charge in [0.05, 0.1) is 6.61 Å². The molecular weight excluding hydrogens is 168 g/mol. The maximum atomic E-state index is 9.91. The van der Waals surface area contributed by atoms with Crippen molar-refractivity contribution in [1.82, 2.24) is 5.09 Å². The summed E-state index contributed by atoms with van der Waals surface area (Å²) in [6.07, 6.45) is 0. The number of aliphatic carboxylic acids is 1. The zero-order valence-electron chi connectivity index (χ0n) is 5.09. The van der Waals surface area contributed by atoms with Crippen molar-refractivity contribution in [3.8, 4) is 0 Å². The Balaban J connectivity index is 0. The van der Waals surface area contributed by atoms with E-state index in [0.29, 0.717) is 0 Å². The van der Waals surface area contributed by atoms with Gasteiger partial charge in [0, 0.05) is 0 Å². The van der Waals surface area contributed by atoms with E-state index in [9.17, 15) is 4.79 Å². The van der Waals surface area contributed by atoms with E-state index in [1.165, 1.54) is 0 Å². The van der Waals surface area contributed by atoms with Crippen LogP contribution >= 0.6 is 9.39 Å². The summed E-state index contributed by atoms with van der Waals surface area (Å²) in [7, 11) is 2.73. The zero-order chi connectivity index (χ0) is 6.57. The summed E-state index contributed by atoms with van der Waals surface area (Å²) in [5.74, 6) is -1.08. The molecule has 0 aliphatic heterocycles. The third-order valence-corrected chi connectivity index (χ3v) is 1.00. The molecule has 0 fully saturated rings. The van der Waals surface area contributed by atoms with Gasteiger partial charge in [-0.2, -0.15) is 0 Å². The minimum Gasteiger partial charge on any atom is -0.480 e. The molecule has 3 N–H and O–H groups in total. The van der Waals surface area contributed by atoms with Crippen LogP contribution in [0, 0.1) is 0 Å². The first kappa shape index (κ1) is 13.1. The Labute approximate surface area is 98.1 Å². The van der Waals surface area contributed by atoms with Gasteiger partial charge in [-0.15, -0.1) is 0 Å². The monoisotopic (exact) mass is 175 g/mol. The third kappa shape index (κ3) is 5.88. The standard InChI is InChI=1S/C3H7NO3P.K/c5-1-2(4-8)3(6)7;/h2,4-5,8H,1H2,(H,6,7);/q-1;+1. The molecule has 0 radical (unpaired) electrons. The molecule has 0 saturated carbocycles. The fourth-order valence-electron chi connectivity index (χ4n) is 0.185. The predicted octanol–water partition coefficient (Wildman–Crippen LogP) is -3.92. The number of aliphatic hydroxyl groups excluding tert-OH is 1. The number of carboxylic acid groups (broad SMARTS) is 1. The molecule has 1 unspecified atom stereocenters. The number of aliphatic hydroxyl groups is 1. The first-order valence-corrected chi connectivity index (χ1v) is 2.48. The Hall–Kier alpha value is 1.46. The van der Waals surface area contributed by atoms with Gasteiger partial charge in [-0.25, -0.2) is 0 Å². The summed E-state index contributed by atoms with van der Waals surface area (Å²) < 4.78 is 0. The number of carbonyl (C=O) groups is 1. The molecule has 0 aromatic heterocycles. The summed E-state index contributed by atoms with van der Waals surface area (Å²) in [5, 5.41) is 18.5. The van der Waals surface area contributed by atoms with Gasteiger partial charge in [0.1, 0.15) is 6.04 Å². The molecule has 0 amide bonds. The molecule has 0 spiro atoms. The Morgan fingerprint density at radius 2 is 2.22 bits per heavy atom. The molecule has 48 valence electrons. The maximum Gasteiger partial charge on any atom is 1.00 e. The van der Waals surface area contributed by atoms with Crippen molar-refractivity contribution in [3.05, 3.63) is 0 Å². The van der Waals surface area contributed by atoms with E-state index >= 15 is 0 Å². The first-order valence-electron chi connectivity index (χ1n) is 1.98. The van der Waals surface area contributed by atoms with Crippen LogP contribution in [0.15, 0.2) is 0 Å². The van der Waals surface area contributed by atoms with Gasteiger partial charge in [0.15, 0.2) is 0 Å². The normalized spacial score (nSPS) is 11.8. The van der Waals surface area contributed by atoms with Crippen LogP contribution in [0.4, 0.5) is 0 Å². The van der Waals surface area contributed by atoms with Crippen molar-refractivity contribution in [2.45, 2.75) is 6.04 Å². The van der Waals surface area contributed by atoms with Gasteiger partial charge >= 0.3 is 57.4 Å². The van der Waals surface area contributed by atoms with Crippen molar-refractivity contribution in [2.24, 2.45) is 0 Å². The molecule has 9 heavy (non-hydrogen) atoms. The van der Waals surface area contributed by atoms with E-state index in [4.69, 9.17) is 10.2 Å². The molecule has 0 bridgehead atoms. The second-order valence-corrected chi connectivity index (χ2v) is 1.51. The molecule has 0 saturated heterocycles. The Morgan fingerprint density at radius 1 is 1.78 bits per heavy atom. The molecule has 0 aromatic carbocycles. The van der Waals surface area contributed by atoms with E-state index < -0.39 is 18.6 Å². The van der Waals surface area contributed by atoms with Crippen molar-refractivity contribution < 1.29 is 66.4 Å². The number of hydrogen-bond donors (Lipinski definition) is 3. The molecule has 0 aliphatic carbocycles. The first-order chi connectivity index (χ1) is 3.72. The Kier molecular flexibility index (Phi) is 11.0. The van der Waals surface area contributed by atoms with Crippen LogP contribution in [0.25, 0.3) is 0 Å². The Morgan fingerprint density at radius 3 is 2.22 bits per heavy atom. The summed E-state index contributed by atoms with van der Waals surface area (Å²) in [6, 6.07) is -0.910. The Bertz CT molecular complexity index is 87.1. The minimum atomic E-state index is -1.08. The van der Waals surface area contributed by atoms with Crippen LogP contribution in [0.2, 0.25) is 0 Å². The van der Waals surface area contributed by atoms with Gasteiger partial charge in [0.2, 0.25) is 0 Å². The van der Waals surface area contributed by atoms with Crippen LogP contribution in [0.1, 0.15) is 0 Å². The average Bonchev–Trinajstić information content (AvgIpc) is 1.69. The van der Waals surface area contributed by atoms with Crippen LogP contribution in [-0.2, 0) is 4.79 Å². The van der Waals surface area contributed by atoms with E-state index in [0.717, 1.165) is 0 Å². The maximum absolute atomic E-state index is 9.91. The van der Waals surface area contributed by atoms with Crippen LogP contribution in [0.5, 0.6) is 0 Å². The molecule has 0 aliphatic rings. The second-order valence-electron chi connectivity index (χ2n) is 1.22. The summed E-state index contributed by atoms with van der Waals surface area (Å²) >= 11 is 0. The van der Waals surface area contributed by atoms with E-state index in [2.05, 4.69) is 14.5 Å². The number of hydrogen-bond acceptors (Lipinski definition) is 3. The van der Waals surface area contributed by atoms with Crippen molar-refractivity contribution in [2.75, 3.05) is 6.61 Å². The summed E-state index contributed by atoms with van der Waals surface area (Å²) in [4.78, 5) is 9.91. The molecule has 0 heterocycles. The fourth-order valence-corrected chi connectivity index (χ4v) is 0.400. The molecule has 1 atom stereocenters. The average molecular weight is 175 g/mol. The molecule has 4 nitrogen and oxygen atoms in total. The molecular formula is C3H7KNO3P. The number of carboxylic acids is 1. The SMILES string of the molecule is O=C(O)C(CO)N[PH-].[K+]. The van der Waals surface area contributed by atoms with Crippen LogP contribution in [0.3, 0.4) is 0 Å². The smallest absolute Gasteiger partial charge is 0.480 e. The molecule has 0 aromatic rings. The van der Waals surface area contributed by atoms with E-state index in [1.807, 2.05) is 0 Å². The second kappa shape index (κ2) is 7.56. The number of rotatable bonds is 3. The van der Waals surface area contributed by atoms with Crippen molar-refractivity contribution in [1.29, 1.82) is 0 Å². The number of nitrogens with one attached hydrogen (secondary N) is 1. The van der Waals surface area contributed by atoms with Crippen LogP contribution < -0.4 is 56.5 Å². The minimum absolute atomic E-state index is 0. The van der Waals surface area contributed by atoms with E-state index in [-0.39, 0.29) is 51.4 Å². The topological polar surface area (TPSA) is 69.6 Å². The quantitative estimate of drug-likeness (QED) is 0.303. The third-order valence-electron chi connectivity index (χ3n) is 0.655. The molecule has 0 rings (SSSR count). The van der Waals surface area contributed by atoms with Gasteiger partial charge in [0.25, 0.3) is 0 Å². The summed E-state index contributed by atoms with van der Waals surface area (Å²) in [6.45, 7) is -0.418. The van der Waals surface area contributed by atoms with Gasteiger partial charge in [-0.05, 0) is 0 Å². The molecule has 6 heteroatoms. The predicted molar refractivity (Wildman–Crippen MR) is 30.0 cm³/mol. The van der Waals surface area contributed by atoms with Gasteiger partial charge < -0.3 is 24.7 Å². The van der Waals surface area contributed by atoms with Gasteiger partial charge in [-0.1, -0.05) is 0 Å². The van der Waals surface area contributed by atoms with E-state index in [1.54, 1.807) is 0 Å². The fraction of sp³-hybridized carbons (Fsp3) is 0.667. The largest absolute Gasteiger partial charge is 1.00 e. The summed E-state index contributed by atoms with van der Waals surface area (Å²) in [5.41, 5.74) is 0. The van der Waals surface area contributed by atoms with Crippen molar-refractivity contribution in [3.63, 3.8) is 0 Å². The van der Waals surface area contributed by atoms with Crippen molar-refractivity contribution >= 4 is 15.4 Å². The van der Waals surface area contributed by atoms with Gasteiger partial charge in [-0.3, -0.25) is 4.79 Å².